The van der Waals surface area contributed by atoms with Crippen LogP contribution in [-0.4, -0.2) is 21.0 Å². The number of rotatable bonds is 4. The average Bonchev–Trinajstić information content (AvgIpc) is 2.89. The summed E-state index contributed by atoms with van der Waals surface area (Å²) in [6.07, 6.45) is -4.79. The smallest absolute Gasteiger partial charge is 0.341 e. The fourth-order valence-electron chi connectivity index (χ4n) is 1.99. The molecule has 0 amide bonds. The van der Waals surface area contributed by atoms with Crippen molar-refractivity contribution in [2.45, 2.75) is 29.4 Å². The van der Waals surface area contributed by atoms with Crippen LogP contribution in [0.25, 0.3) is 11.0 Å². The fourth-order valence-corrected chi connectivity index (χ4v) is 2.74. The van der Waals surface area contributed by atoms with Crippen molar-refractivity contribution in [2.75, 3.05) is 6.54 Å². The fraction of sp³-hybridized carbons (Fsp3) is 0.429. The Morgan fingerprint density at radius 2 is 1.83 bits per heavy atom. The third-order valence-electron chi connectivity index (χ3n) is 3.54. The number of H-pyrrole nitrogens is 1. The van der Waals surface area contributed by atoms with Crippen molar-refractivity contribution in [1.82, 2.24) is 9.97 Å². The van der Waals surface area contributed by atoms with Gasteiger partial charge < -0.3 is 10.7 Å². The van der Waals surface area contributed by atoms with E-state index in [1.165, 1.54) is 0 Å². The van der Waals surface area contributed by atoms with E-state index in [4.69, 9.17) is 5.73 Å². The summed E-state index contributed by atoms with van der Waals surface area (Å²) in [5, 5.41) is 0. The first-order chi connectivity index (χ1) is 10.4. The van der Waals surface area contributed by atoms with E-state index in [-0.39, 0.29) is 23.4 Å². The molecule has 0 aliphatic carbocycles. The summed E-state index contributed by atoms with van der Waals surface area (Å²) < 4.78 is 67.3. The minimum absolute atomic E-state index is 0.0801. The molecule has 2 aromatic rings. The molecule has 0 bridgehead atoms. The lowest BCUT2D eigenvalue weighted by Gasteiger charge is -2.18. The first-order valence-corrected chi connectivity index (χ1v) is 9.12. The third kappa shape index (κ3) is 3.39. The maximum atomic E-state index is 13.9. The lowest BCUT2D eigenvalue weighted by atomic mass is 9.93. The number of hydrogen-bond acceptors (Lipinski definition) is 2. The normalized spacial score (nSPS) is 13.7. The van der Waals surface area contributed by atoms with Gasteiger partial charge >= 0.3 is 10.1 Å². The quantitative estimate of drug-likeness (QED) is 0.418. The van der Waals surface area contributed by atoms with Crippen LogP contribution in [-0.2, 0) is 15.5 Å². The summed E-state index contributed by atoms with van der Waals surface area (Å²) in [5.74, 6) is 0.227. The van der Waals surface area contributed by atoms with Crippen LogP contribution in [0.5, 0.6) is 0 Å². The minimum atomic E-state index is -4.79. The molecular formula is C14H15F5IN3. The van der Waals surface area contributed by atoms with E-state index in [1.54, 1.807) is 13.8 Å². The molecule has 1 aromatic carbocycles. The van der Waals surface area contributed by atoms with Crippen LogP contribution in [0.15, 0.2) is 12.1 Å². The van der Waals surface area contributed by atoms with Crippen LogP contribution in [0.3, 0.4) is 0 Å². The van der Waals surface area contributed by atoms with Crippen molar-refractivity contribution in [3.63, 3.8) is 0 Å². The van der Waals surface area contributed by atoms with Gasteiger partial charge in [0.15, 0.2) is 0 Å². The molecule has 3 N–H and O–H groups in total. The molecule has 9 heteroatoms. The van der Waals surface area contributed by atoms with E-state index in [9.17, 15) is 22.0 Å². The summed E-state index contributed by atoms with van der Waals surface area (Å²) in [5.41, 5.74) is 2.56. The van der Waals surface area contributed by atoms with Crippen molar-refractivity contribution in [3.8, 4) is 0 Å². The Kier molecular flexibility index (Phi) is 4.57. The molecule has 0 radical (unpaired) electrons. The van der Waals surface area contributed by atoms with Gasteiger partial charge in [-0.1, -0.05) is 18.4 Å². The summed E-state index contributed by atoms with van der Waals surface area (Å²) in [7, 11) is 0. The van der Waals surface area contributed by atoms with Gasteiger partial charge in [0.25, 0.3) is 0 Å². The van der Waals surface area contributed by atoms with Gasteiger partial charge in [0.2, 0.25) is 0 Å². The Hall–Kier alpha value is -1.10. The van der Waals surface area contributed by atoms with Gasteiger partial charge in [-0.05, 0) is 32.9 Å². The van der Waals surface area contributed by atoms with Crippen molar-refractivity contribution in [3.05, 3.63) is 29.1 Å². The molecule has 0 unspecified atom stereocenters. The molecule has 2 rings (SSSR count). The monoisotopic (exact) mass is 447 g/mol. The highest BCUT2D eigenvalue weighted by Gasteiger charge is 2.38. The highest BCUT2D eigenvalue weighted by atomic mass is 127. The lowest BCUT2D eigenvalue weighted by molar-refractivity contribution is -0.136. The first-order valence-electron chi connectivity index (χ1n) is 6.51. The first kappa shape index (κ1) is 18.2. The lowest BCUT2D eigenvalue weighted by Crippen LogP contribution is -2.29. The zero-order chi connectivity index (χ0) is 17.6. The number of hydrogen-bond donors (Lipinski definition) is 2. The molecular weight excluding hydrogens is 432 g/mol. The molecule has 0 saturated carbocycles. The molecule has 0 atom stereocenters. The summed E-state index contributed by atoms with van der Waals surface area (Å²) >= 11 is -1.85. The highest BCUT2D eigenvalue weighted by molar-refractivity contribution is 14.2. The predicted molar refractivity (Wildman–Crippen MR) is 88.2 cm³/mol. The third-order valence-corrected chi connectivity index (χ3v) is 5.12. The van der Waals surface area contributed by atoms with Gasteiger partial charge in [0.1, 0.15) is 11.3 Å². The Morgan fingerprint density at radius 3 is 2.30 bits per heavy atom. The van der Waals surface area contributed by atoms with Crippen LogP contribution in [0.2, 0.25) is 0 Å². The maximum Gasteiger partial charge on any atom is 0.418 e. The molecule has 0 fully saturated rings. The van der Waals surface area contributed by atoms with Gasteiger partial charge in [-0.25, -0.2) is 4.98 Å². The SMILES string of the molecule is C=IC(F)(F)c1cc(C(F)(F)F)c2nc(C(C)(C)CN)[nH]c2c1. The zero-order valence-corrected chi connectivity index (χ0v) is 14.5. The summed E-state index contributed by atoms with van der Waals surface area (Å²) in [6.45, 7) is 3.55. The molecule has 0 aliphatic rings. The molecule has 1 heterocycles. The molecule has 0 aliphatic heterocycles. The maximum absolute atomic E-state index is 13.9. The summed E-state index contributed by atoms with van der Waals surface area (Å²) in [6, 6.07) is 1.48. The van der Waals surface area contributed by atoms with E-state index < -0.39 is 47.4 Å². The number of nitrogens with two attached hydrogens (primary N) is 1. The second-order valence-electron chi connectivity index (χ2n) is 5.72. The molecule has 0 spiro atoms. The second-order valence-corrected chi connectivity index (χ2v) is 7.84. The van der Waals surface area contributed by atoms with E-state index >= 15 is 0 Å². The number of nitrogens with zero attached hydrogens (tertiary/aromatic N) is 1. The number of aromatic amines is 1. The van der Waals surface area contributed by atoms with Gasteiger partial charge in [-0.3, -0.25) is 0 Å². The van der Waals surface area contributed by atoms with E-state index in [0.717, 1.165) is 6.07 Å². The van der Waals surface area contributed by atoms with Crippen LogP contribution >= 0.6 is 20.7 Å². The van der Waals surface area contributed by atoms with E-state index in [1.807, 2.05) is 0 Å². The number of nitrogens with one attached hydrogen (secondary N) is 1. The standard InChI is InChI=1S/C14H15F5IN3/c1-12(2,6-21)11-22-9-5-7(14(18,19)20-3)4-8(10(9)23-11)13(15,16)17/h4-5H,3,6,21H2,1-2H3,(H,22,23). The number of aromatic nitrogens is 2. The number of benzene rings is 1. The van der Waals surface area contributed by atoms with E-state index in [2.05, 4.69) is 14.5 Å². The number of imidazole rings is 1. The predicted octanol–water partition coefficient (Wildman–Crippen LogP) is 4.27. The second kappa shape index (κ2) is 5.76. The minimum Gasteiger partial charge on any atom is -0.341 e. The van der Waals surface area contributed by atoms with Crippen molar-refractivity contribution in [1.29, 1.82) is 0 Å². The molecule has 3 nitrogen and oxygen atoms in total. The number of alkyl halides is 6. The Bertz CT molecular complexity index is 749. The molecule has 128 valence electrons. The van der Waals surface area contributed by atoms with E-state index in [0.29, 0.717) is 6.07 Å². The Labute approximate surface area is 139 Å². The largest absolute Gasteiger partial charge is 0.418 e. The molecule has 1 aromatic heterocycles. The Morgan fingerprint density at radius 1 is 1.22 bits per heavy atom. The van der Waals surface area contributed by atoms with Crippen molar-refractivity contribution in [2.24, 2.45) is 5.73 Å². The van der Waals surface area contributed by atoms with Crippen LogP contribution in [0.1, 0.15) is 30.8 Å². The average molecular weight is 447 g/mol. The van der Waals surface area contributed by atoms with Gasteiger partial charge in [0, 0.05) is 17.5 Å². The topological polar surface area (TPSA) is 54.7 Å². The molecule has 23 heavy (non-hydrogen) atoms. The summed E-state index contributed by atoms with van der Waals surface area (Å²) in [4.78, 5) is 6.67. The Balaban J connectivity index is 2.81. The highest BCUT2D eigenvalue weighted by Crippen LogP contribution is 2.43. The van der Waals surface area contributed by atoms with Crippen molar-refractivity contribution < 1.29 is 22.0 Å². The van der Waals surface area contributed by atoms with Gasteiger partial charge in [-0.2, -0.15) is 22.0 Å². The zero-order valence-electron chi connectivity index (χ0n) is 12.4. The van der Waals surface area contributed by atoms with Gasteiger partial charge in [0.05, 0.1) is 11.1 Å². The van der Waals surface area contributed by atoms with Crippen LogP contribution in [0, 0.1) is 0 Å². The van der Waals surface area contributed by atoms with Crippen LogP contribution < -0.4 is 5.73 Å². The van der Waals surface area contributed by atoms with Crippen molar-refractivity contribution >= 4 is 36.3 Å². The number of fused-ring (bicyclic) bond motifs is 1. The van der Waals surface area contributed by atoms with Crippen LogP contribution in [0.4, 0.5) is 22.0 Å². The van der Waals surface area contributed by atoms with Gasteiger partial charge in [-0.15, -0.1) is 0 Å². The number of halogens is 6. The molecule has 0 saturated heterocycles.